The summed E-state index contributed by atoms with van der Waals surface area (Å²) in [6.45, 7) is 2.86. The lowest BCUT2D eigenvalue weighted by atomic mass is 9.80. The van der Waals surface area contributed by atoms with Gasteiger partial charge in [-0.2, -0.15) is 0 Å². The summed E-state index contributed by atoms with van der Waals surface area (Å²) in [6.07, 6.45) is 8.75. The van der Waals surface area contributed by atoms with E-state index in [2.05, 4.69) is 27.0 Å². The first-order valence-electron chi connectivity index (χ1n) is 13.4. The molecular formula is C28H35N5O3. The summed E-state index contributed by atoms with van der Waals surface area (Å²) < 4.78 is 3.66. The molecule has 2 aliphatic heterocycles. The van der Waals surface area contributed by atoms with Crippen molar-refractivity contribution in [2.24, 2.45) is 5.92 Å². The van der Waals surface area contributed by atoms with E-state index in [9.17, 15) is 14.7 Å². The number of amides is 1. The number of aliphatic hydroxyl groups is 1. The number of nitrogens with zero attached hydrogens (tertiary/aromatic N) is 4. The molecule has 2 saturated heterocycles. The number of fused-ring (bicyclic) bond motifs is 1. The molecule has 0 radical (unpaired) electrons. The molecule has 0 unspecified atom stereocenters. The first-order chi connectivity index (χ1) is 17.5. The van der Waals surface area contributed by atoms with Gasteiger partial charge in [-0.1, -0.05) is 30.3 Å². The van der Waals surface area contributed by atoms with E-state index in [-0.39, 0.29) is 29.8 Å². The molecule has 0 bridgehead atoms. The Bertz CT molecular complexity index is 1290. The van der Waals surface area contributed by atoms with Crippen LogP contribution < -0.4 is 10.9 Å². The second-order valence-electron chi connectivity index (χ2n) is 10.9. The number of piperidine rings is 2. The van der Waals surface area contributed by atoms with Crippen molar-refractivity contribution >= 4 is 16.9 Å². The molecule has 190 valence electrons. The second-order valence-corrected chi connectivity index (χ2v) is 10.9. The predicted molar refractivity (Wildman–Crippen MR) is 138 cm³/mol. The van der Waals surface area contributed by atoms with Gasteiger partial charge in [0.1, 0.15) is 12.0 Å². The van der Waals surface area contributed by atoms with Crippen LogP contribution in [0, 0.1) is 5.92 Å². The molecule has 6 rings (SSSR count). The average molecular weight is 490 g/mol. The zero-order valence-electron chi connectivity index (χ0n) is 20.7. The second kappa shape index (κ2) is 9.48. The van der Waals surface area contributed by atoms with Crippen molar-refractivity contribution in [1.82, 2.24) is 24.3 Å². The van der Waals surface area contributed by atoms with Gasteiger partial charge in [-0.3, -0.25) is 14.2 Å². The maximum atomic E-state index is 13.5. The number of rotatable bonds is 5. The van der Waals surface area contributed by atoms with Gasteiger partial charge in [0.2, 0.25) is 5.91 Å². The van der Waals surface area contributed by atoms with Crippen LogP contribution in [0.25, 0.3) is 11.0 Å². The van der Waals surface area contributed by atoms with E-state index in [0.29, 0.717) is 37.4 Å². The standard InChI is InChI=1S/C28H35N5O3/c34-26(22-9-13-29-17-24(22)20-5-2-1-3-6-20)31-15-11-28(36,12-16-31)18-32-19-30-25-23(27(32)35)10-14-33(25)21-7-4-8-21/h1-3,5-6,10,14,19,21-22,24,29,36H,4,7-9,11-13,15-18H2/t22-,24+/m1/s1. The van der Waals surface area contributed by atoms with Crippen molar-refractivity contribution in [3.8, 4) is 0 Å². The summed E-state index contributed by atoms with van der Waals surface area (Å²) in [4.78, 5) is 33.2. The van der Waals surface area contributed by atoms with Crippen LogP contribution in [0.15, 0.2) is 53.7 Å². The summed E-state index contributed by atoms with van der Waals surface area (Å²) in [5, 5.41) is 15.4. The maximum absolute atomic E-state index is 13.5. The number of benzene rings is 1. The summed E-state index contributed by atoms with van der Waals surface area (Å²) >= 11 is 0. The lowest BCUT2D eigenvalue weighted by Crippen LogP contribution is -2.52. The van der Waals surface area contributed by atoms with Gasteiger partial charge < -0.3 is 19.9 Å². The molecule has 2 aromatic heterocycles. The Morgan fingerprint density at radius 1 is 1.11 bits per heavy atom. The molecular weight excluding hydrogens is 454 g/mol. The molecule has 2 atom stereocenters. The first-order valence-corrected chi connectivity index (χ1v) is 13.4. The molecule has 1 amide bonds. The van der Waals surface area contributed by atoms with E-state index in [4.69, 9.17) is 0 Å². The molecule has 0 spiro atoms. The average Bonchev–Trinajstić information content (AvgIpc) is 3.29. The number of carbonyl (C=O) groups excluding carboxylic acids is 1. The topological polar surface area (TPSA) is 92.4 Å². The van der Waals surface area contributed by atoms with Crippen LogP contribution in [-0.2, 0) is 11.3 Å². The quantitative estimate of drug-likeness (QED) is 0.575. The third-order valence-electron chi connectivity index (χ3n) is 8.66. The lowest BCUT2D eigenvalue weighted by Gasteiger charge is -2.41. The smallest absolute Gasteiger partial charge is 0.262 e. The van der Waals surface area contributed by atoms with Crippen LogP contribution in [0.5, 0.6) is 0 Å². The fraction of sp³-hybridized carbons (Fsp3) is 0.536. The van der Waals surface area contributed by atoms with Crippen molar-refractivity contribution in [2.45, 2.75) is 62.6 Å². The molecule has 1 aliphatic carbocycles. The molecule has 2 N–H and O–H groups in total. The molecule has 1 saturated carbocycles. The highest BCUT2D eigenvalue weighted by molar-refractivity contribution is 5.80. The number of aromatic nitrogens is 3. The number of nitrogens with one attached hydrogen (secondary N) is 1. The van der Waals surface area contributed by atoms with Crippen LogP contribution in [0.4, 0.5) is 0 Å². The summed E-state index contributed by atoms with van der Waals surface area (Å²) in [6, 6.07) is 12.6. The summed E-state index contributed by atoms with van der Waals surface area (Å²) in [7, 11) is 0. The minimum Gasteiger partial charge on any atom is -0.388 e. The summed E-state index contributed by atoms with van der Waals surface area (Å²) in [5.41, 5.74) is 0.804. The van der Waals surface area contributed by atoms with E-state index in [1.54, 1.807) is 10.9 Å². The molecule has 36 heavy (non-hydrogen) atoms. The zero-order valence-corrected chi connectivity index (χ0v) is 20.7. The van der Waals surface area contributed by atoms with Gasteiger partial charge in [-0.25, -0.2) is 4.98 Å². The van der Waals surface area contributed by atoms with Gasteiger partial charge in [-0.15, -0.1) is 0 Å². The molecule has 8 heteroatoms. The van der Waals surface area contributed by atoms with Crippen molar-refractivity contribution in [2.75, 3.05) is 26.2 Å². The fourth-order valence-corrected chi connectivity index (χ4v) is 6.20. The molecule has 3 fully saturated rings. The van der Waals surface area contributed by atoms with Crippen LogP contribution in [0.3, 0.4) is 0 Å². The Hall–Kier alpha value is -2.97. The SMILES string of the molecule is O=C([C@@H]1CCNC[C@H]1c1ccccc1)N1CCC(O)(Cn2cnc3c(ccn3C3CCC3)c2=O)CC1. The van der Waals surface area contributed by atoms with E-state index < -0.39 is 5.60 Å². The Labute approximate surface area is 210 Å². The van der Waals surface area contributed by atoms with Crippen LogP contribution in [0.1, 0.15) is 56.0 Å². The van der Waals surface area contributed by atoms with E-state index in [1.807, 2.05) is 35.4 Å². The highest BCUT2D eigenvalue weighted by Gasteiger charge is 2.39. The minimum atomic E-state index is -1.03. The zero-order chi connectivity index (χ0) is 24.7. The van der Waals surface area contributed by atoms with Gasteiger partial charge in [0.15, 0.2) is 0 Å². The van der Waals surface area contributed by atoms with Gasteiger partial charge in [-0.05, 0) is 56.7 Å². The molecule has 3 aromatic rings. The van der Waals surface area contributed by atoms with Crippen molar-refractivity contribution in [3.05, 3.63) is 64.8 Å². The Kier molecular flexibility index (Phi) is 6.17. The molecule has 1 aromatic carbocycles. The molecule has 3 aliphatic rings. The Balaban J connectivity index is 1.13. The van der Waals surface area contributed by atoms with E-state index in [0.717, 1.165) is 38.0 Å². The van der Waals surface area contributed by atoms with Gasteiger partial charge in [0, 0.05) is 43.7 Å². The van der Waals surface area contributed by atoms with Crippen LogP contribution >= 0.6 is 0 Å². The van der Waals surface area contributed by atoms with Gasteiger partial charge >= 0.3 is 0 Å². The largest absolute Gasteiger partial charge is 0.388 e. The van der Waals surface area contributed by atoms with E-state index in [1.165, 1.54) is 12.0 Å². The highest BCUT2D eigenvalue weighted by atomic mass is 16.3. The van der Waals surface area contributed by atoms with Gasteiger partial charge in [0.05, 0.1) is 17.5 Å². The van der Waals surface area contributed by atoms with Crippen molar-refractivity contribution < 1.29 is 9.90 Å². The normalized spacial score (nSPS) is 24.5. The first kappa shape index (κ1) is 23.4. The lowest BCUT2D eigenvalue weighted by molar-refractivity contribution is -0.141. The Morgan fingerprint density at radius 3 is 2.61 bits per heavy atom. The monoisotopic (exact) mass is 489 g/mol. The fourth-order valence-electron chi connectivity index (χ4n) is 6.20. The number of hydrogen-bond donors (Lipinski definition) is 2. The predicted octanol–water partition coefficient (Wildman–Crippen LogP) is 2.67. The van der Waals surface area contributed by atoms with Crippen molar-refractivity contribution in [1.29, 1.82) is 0 Å². The third kappa shape index (κ3) is 4.26. The number of hydrogen-bond acceptors (Lipinski definition) is 5. The van der Waals surface area contributed by atoms with Gasteiger partial charge in [0.25, 0.3) is 5.56 Å². The number of carbonyl (C=O) groups is 1. The molecule has 8 nitrogen and oxygen atoms in total. The van der Waals surface area contributed by atoms with E-state index >= 15 is 0 Å². The maximum Gasteiger partial charge on any atom is 0.262 e. The third-order valence-corrected chi connectivity index (χ3v) is 8.66. The number of likely N-dealkylation sites (tertiary alicyclic amines) is 1. The van der Waals surface area contributed by atoms with Crippen LogP contribution in [-0.4, -0.2) is 61.8 Å². The Morgan fingerprint density at radius 2 is 1.89 bits per heavy atom. The van der Waals surface area contributed by atoms with Crippen molar-refractivity contribution in [3.63, 3.8) is 0 Å². The summed E-state index contributed by atoms with van der Waals surface area (Å²) in [5.74, 6) is 0.302. The molecule has 4 heterocycles. The minimum absolute atomic E-state index is 0.0474. The van der Waals surface area contributed by atoms with Crippen LogP contribution in [0.2, 0.25) is 0 Å². The highest BCUT2D eigenvalue weighted by Crippen LogP contribution is 2.34.